The second kappa shape index (κ2) is 5.69. The van der Waals surface area contributed by atoms with E-state index in [-0.39, 0.29) is 18.4 Å². The number of hydrogen-bond acceptors (Lipinski definition) is 3. The predicted octanol–water partition coefficient (Wildman–Crippen LogP) is -0.246. The van der Waals surface area contributed by atoms with Crippen LogP contribution in [-0.2, 0) is 4.79 Å². The quantitative estimate of drug-likeness (QED) is 0.574. The van der Waals surface area contributed by atoms with Gasteiger partial charge in [0.1, 0.15) is 0 Å². The molecule has 0 aromatic rings. The van der Waals surface area contributed by atoms with Gasteiger partial charge in [0, 0.05) is 13.0 Å². The second-order valence-electron chi connectivity index (χ2n) is 2.26. The van der Waals surface area contributed by atoms with Crippen molar-refractivity contribution in [1.29, 1.82) is 5.26 Å². The highest BCUT2D eigenvalue weighted by Crippen LogP contribution is 1.87. The Labute approximate surface area is 66.4 Å². The van der Waals surface area contributed by atoms with Crippen LogP contribution in [0.5, 0.6) is 0 Å². The predicted molar refractivity (Wildman–Crippen MR) is 41.5 cm³/mol. The number of nitrogens with two attached hydrogens (primary N) is 1. The van der Waals surface area contributed by atoms with E-state index >= 15 is 0 Å². The molecule has 0 aliphatic carbocycles. The molecule has 0 aliphatic heterocycles. The fourth-order valence-electron chi connectivity index (χ4n) is 0.651. The maximum absolute atomic E-state index is 10.3. The third-order valence-corrected chi connectivity index (χ3v) is 1.33. The van der Waals surface area contributed by atoms with Crippen LogP contribution in [0.1, 0.15) is 19.8 Å². The lowest BCUT2D eigenvalue weighted by Gasteiger charge is -2.06. The number of amides is 1. The number of primary amides is 1. The molecule has 1 amide bonds. The molecule has 0 aromatic heterocycles. The van der Waals surface area contributed by atoms with Crippen LogP contribution in [0.25, 0.3) is 0 Å². The molecule has 0 fully saturated rings. The van der Waals surface area contributed by atoms with Crippen LogP contribution in [0, 0.1) is 11.3 Å². The number of nitrogens with zero attached hydrogens (tertiary/aromatic N) is 1. The standard InChI is InChI=1S/C7H13N3O/c1-2-6(5-8)10-4-3-7(9)11/h6,10H,2-4H2,1H3,(H2,9,11). The van der Waals surface area contributed by atoms with Crippen LogP contribution in [0.4, 0.5) is 0 Å². The van der Waals surface area contributed by atoms with Gasteiger partial charge in [0.05, 0.1) is 12.1 Å². The van der Waals surface area contributed by atoms with Crippen molar-refractivity contribution in [3.05, 3.63) is 0 Å². The van der Waals surface area contributed by atoms with Gasteiger partial charge in [-0.2, -0.15) is 5.26 Å². The Morgan fingerprint density at radius 2 is 2.45 bits per heavy atom. The summed E-state index contributed by atoms with van der Waals surface area (Å²) in [4.78, 5) is 10.3. The summed E-state index contributed by atoms with van der Waals surface area (Å²) in [7, 11) is 0. The Hall–Kier alpha value is -1.08. The van der Waals surface area contributed by atoms with E-state index in [9.17, 15) is 4.79 Å². The molecule has 0 saturated carbocycles. The molecule has 4 heteroatoms. The van der Waals surface area contributed by atoms with E-state index in [1.807, 2.05) is 6.92 Å². The molecule has 0 aliphatic rings. The molecule has 0 spiro atoms. The summed E-state index contributed by atoms with van der Waals surface area (Å²) in [6, 6.07) is 1.90. The van der Waals surface area contributed by atoms with E-state index in [4.69, 9.17) is 11.0 Å². The smallest absolute Gasteiger partial charge is 0.218 e. The Bertz CT molecular complexity index is 162. The first-order valence-corrected chi connectivity index (χ1v) is 3.62. The normalized spacial score (nSPS) is 12.0. The van der Waals surface area contributed by atoms with Crippen LogP contribution < -0.4 is 11.1 Å². The van der Waals surface area contributed by atoms with Crippen molar-refractivity contribution >= 4 is 5.91 Å². The topological polar surface area (TPSA) is 78.9 Å². The maximum Gasteiger partial charge on any atom is 0.218 e. The Kier molecular flexibility index (Phi) is 5.13. The van der Waals surface area contributed by atoms with E-state index in [0.29, 0.717) is 6.54 Å². The molecule has 62 valence electrons. The summed E-state index contributed by atoms with van der Waals surface area (Å²) in [5.41, 5.74) is 4.90. The molecule has 0 heterocycles. The largest absolute Gasteiger partial charge is 0.370 e. The van der Waals surface area contributed by atoms with Gasteiger partial charge in [-0.25, -0.2) is 0 Å². The third kappa shape index (κ3) is 5.37. The summed E-state index contributed by atoms with van der Waals surface area (Å²) in [5.74, 6) is -0.342. The average molecular weight is 155 g/mol. The van der Waals surface area contributed by atoms with E-state index < -0.39 is 0 Å². The van der Waals surface area contributed by atoms with Crippen LogP contribution >= 0.6 is 0 Å². The number of hydrogen-bond donors (Lipinski definition) is 2. The number of rotatable bonds is 5. The van der Waals surface area contributed by atoms with Crippen molar-refractivity contribution in [1.82, 2.24) is 5.32 Å². The first-order chi connectivity index (χ1) is 5.20. The van der Waals surface area contributed by atoms with E-state index in [1.165, 1.54) is 0 Å². The Morgan fingerprint density at radius 1 is 1.82 bits per heavy atom. The summed E-state index contributed by atoms with van der Waals surface area (Å²) < 4.78 is 0. The van der Waals surface area contributed by atoms with E-state index in [1.54, 1.807) is 0 Å². The number of nitrogens with one attached hydrogen (secondary N) is 1. The zero-order chi connectivity index (χ0) is 8.69. The summed E-state index contributed by atoms with van der Waals surface area (Å²) in [6.45, 7) is 2.40. The number of nitriles is 1. The maximum atomic E-state index is 10.3. The first-order valence-electron chi connectivity index (χ1n) is 3.62. The van der Waals surface area contributed by atoms with Gasteiger partial charge in [-0.1, -0.05) is 6.92 Å². The lowest BCUT2D eigenvalue weighted by atomic mass is 10.2. The van der Waals surface area contributed by atoms with Gasteiger partial charge in [0.15, 0.2) is 0 Å². The molecular formula is C7H13N3O. The van der Waals surface area contributed by atoms with E-state index in [0.717, 1.165) is 6.42 Å². The minimum absolute atomic E-state index is 0.158. The lowest BCUT2D eigenvalue weighted by molar-refractivity contribution is -0.117. The molecule has 1 atom stereocenters. The minimum atomic E-state index is -0.342. The molecule has 4 nitrogen and oxygen atoms in total. The van der Waals surface area contributed by atoms with Crippen molar-refractivity contribution in [2.24, 2.45) is 5.73 Å². The zero-order valence-corrected chi connectivity index (χ0v) is 6.63. The highest BCUT2D eigenvalue weighted by molar-refractivity contribution is 5.73. The third-order valence-electron chi connectivity index (χ3n) is 1.33. The molecule has 11 heavy (non-hydrogen) atoms. The number of carbonyl (C=O) groups excluding carboxylic acids is 1. The summed E-state index contributed by atoms with van der Waals surface area (Å²) in [5, 5.41) is 11.4. The van der Waals surface area contributed by atoms with E-state index in [2.05, 4.69) is 11.4 Å². The molecular weight excluding hydrogens is 142 g/mol. The van der Waals surface area contributed by atoms with Crippen molar-refractivity contribution in [2.75, 3.05) is 6.54 Å². The number of carbonyl (C=O) groups is 1. The summed E-state index contributed by atoms with van der Waals surface area (Å²) >= 11 is 0. The first kappa shape index (κ1) is 9.92. The summed E-state index contributed by atoms with van der Waals surface area (Å²) in [6.07, 6.45) is 1.04. The zero-order valence-electron chi connectivity index (χ0n) is 6.63. The highest BCUT2D eigenvalue weighted by atomic mass is 16.1. The minimum Gasteiger partial charge on any atom is -0.370 e. The van der Waals surface area contributed by atoms with Gasteiger partial charge < -0.3 is 11.1 Å². The van der Waals surface area contributed by atoms with Gasteiger partial charge in [-0.15, -0.1) is 0 Å². The van der Waals surface area contributed by atoms with Crippen LogP contribution in [-0.4, -0.2) is 18.5 Å². The molecule has 0 aromatic carbocycles. The van der Waals surface area contributed by atoms with Crippen molar-refractivity contribution in [3.8, 4) is 6.07 Å². The molecule has 0 radical (unpaired) electrons. The highest BCUT2D eigenvalue weighted by Gasteiger charge is 2.02. The van der Waals surface area contributed by atoms with Gasteiger partial charge >= 0.3 is 0 Å². The fraction of sp³-hybridized carbons (Fsp3) is 0.714. The van der Waals surface area contributed by atoms with Crippen LogP contribution in [0.2, 0.25) is 0 Å². The van der Waals surface area contributed by atoms with Gasteiger partial charge in [-0.05, 0) is 6.42 Å². The van der Waals surface area contributed by atoms with Gasteiger partial charge in [0.25, 0.3) is 0 Å². The fourth-order valence-corrected chi connectivity index (χ4v) is 0.651. The monoisotopic (exact) mass is 155 g/mol. The van der Waals surface area contributed by atoms with Crippen LogP contribution in [0.3, 0.4) is 0 Å². The SMILES string of the molecule is CCC(C#N)NCCC(N)=O. The molecule has 0 saturated heterocycles. The van der Waals surface area contributed by atoms with Crippen molar-refractivity contribution in [2.45, 2.75) is 25.8 Å². The van der Waals surface area contributed by atoms with Gasteiger partial charge in [0.2, 0.25) is 5.91 Å². The van der Waals surface area contributed by atoms with Crippen molar-refractivity contribution < 1.29 is 4.79 Å². The average Bonchev–Trinajstić information content (AvgIpc) is 1.98. The van der Waals surface area contributed by atoms with Gasteiger partial charge in [-0.3, -0.25) is 4.79 Å². The molecule has 3 N–H and O–H groups in total. The second-order valence-corrected chi connectivity index (χ2v) is 2.26. The molecule has 0 bridgehead atoms. The molecule has 1 unspecified atom stereocenters. The Morgan fingerprint density at radius 3 is 2.82 bits per heavy atom. The lowest BCUT2D eigenvalue weighted by Crippen LogP contribution is -2.30. The molecule has 0 rings (SSSR count). The van der Waals surface area contributed by atoms with Crippen LogP contribution in [0.15, 0.2) is 0 Å². The van der Waals surface area contributed by atoms with Crippen molar-refractivity contribution in [3.63, 3.8) is 0 Å². The Balaban J connectivity index is 3.38.